The molecule has 37 heavy (non-hydrogen) atoms. The molecule has 0 amide bonds. The third kappa shape index (κ3) is 5.48. The fourth-order valence-electron chi connectivity index (χ4n) is 4.46. The van der Waals surface area contributed by atoms with Gasteiger partial charge >= 0.3 is 0 Å². The van der Waals surface area contributed by atoms with Crippen molar-refractivity contribution in [2.75, 3.05) is 23.7 Å². The molecule has 0 saturated heterocycles. The van der Waals surface area contributed by atoms with Crippen molar-refractivity contribution in [2.24, 2.45) is 0 Å². The number of benzene rings is 2. The number of aromatic nitrogens is 4. The molecule has 6 heteroatoms. The molecule has 6 nitrogen and oxygen atoms in total. The second-order valence-electron chi connectivity index (χ2n) is 9.20. The number of hydrogen-bond acceptors (Lipinski definition) is 5. The van der Waals surface area contributed by atoms with Gasteiger partial charge in [0.15, 0.2) is 0 Å². The summed E-state index contributed by atoms with van der Waals surface area (Å²) in [6, 6.07) is 27.3. The number of anilines is 2. The predicted octanol–water partition coefficient (Wildman–Crippen LogP) is 7.55. The van der Waals surface area contributed by atoms with Crippen LogP contribution in [0.25, 0.3) is 39.2 Å². The first-order chi connectivity index (χ1) is 18.3. The highest BCUT2D eigenvalue weighted by atomic mass is 15.3. The molecular formula is C31H34N6. The van der Waals surface area contributed by atoms with Crippen LogP contribution in [0.3, 0.4) is 0 Å². The van der Waals surface area contributed by atoms with Gasteiger partial charge in [-0.15, -0.1) is 0 Å². The first-order valence-corrected chi connectivity index (χ1v) is 13.3. The Bertz CT molecular complexity index is 1440. The largest absolute Gasteiger partial charge is 0.370 e. The molecule has 0 radical (unpaired) electrons. The molecule has 2 aromatic carbocycles. The lowest BCUT2D eigenvalue weighted by molar-refractivity contribution is 0.822. The van der Waals surface area contributed by atoms with Gasteiger partial charge in [0.2, 0.25) is 5.95 Å². The van der Waals surface area contributed by atoms with Crippen LogP contribution in [0.5, 0.6) is 0 Å². The summed E-state index contributed by atoms with van der Waals surface area (Å²) in [5.74, 6) is 1.63. The molecule has 0 saturated carbocycles. The van der Waals surface area contributed by atoms with E-state index in [2.05, 4.69) is 96.2 Å². The molecule has 188 valence electrons. The topological polar surface area (TPSA) is 67.1 Å². The second kappa shape index (κ2) is 11.7. The molecule has 0 aliphatic heterocycles. The number of pyridine rings is 1. The Morgan fingerprint density at radius 1 is 0.703 bits per heavy atom. The summed E-state index contributed by atoms with van der Waals surface area (Å²) < 4.78 is 2.01. The van der Waals surface area contributed by atoms with E-state index in [1.807, 2.05) is 22.8 Å². The predicted molar refractivity (Wildman–Crippen MR) is 154 cm³/mol. The lowest BCUT2D eigenvalue weighted by Crippen LogP contribution is -2.06. The summed E-state index contributed by atoms with van der Waals surface area (Å²) in [4.78, 5) is 9.35. The summed E-state index contributed by atoms with van der Waals surface area (Å²) >= 11 is 0. The lowest BCUT2D eigenvalue weighted by atomic mass is 10.00. The van der Waals surface area contributed by atoms with Crippen LogP contribution in [0.4, 0.5) is 11.8 Å². The smallest absolute Gasteiger partial charge is 0.223 e. The van der Waals surface area contributed by atoms with E-state index < -0.39 is 0 Å². The zero-order valence-electron chi connectivity index (χ0n) is 21.6. The molecule has 0 fully saturated rings. The minimum absolute atomic E-state index is 0.646. The van der Waals surface area contributed by atoms with Gasteiger partial charge in [0.05, 0.1) is 16.8 Å². The van der Waals surface area contributed by atoms with Gasteiger partial charge in [0.25, 0.3) is 0 Å². The van der Waals surface area contributed by atoms with Gasteiger partial charge in [-0.3, -0.25) is 0 Å². The van der Waals surface area contributed by atoms with Crippen LogP contribution in [0.1, 0.15) is 39.5 Å². The van der Waals surface area contributed by atoms with Gasteiger partial charge in [-0.05, 0) is 42.2 Å². The number of fused-ring (bicyclic) bond motifs is 1. The summed E-state index contributed by atoms with van der Waals surface area (Å²) in [6.07, 6.45) is 6.28. The maximum atomic E-state index is 5.12. The Hall–Kier alpha value is -4.19. The monoisotopic (exact) mass is 490 g/mol. The van der Waals surface area contributed by atoms with Crippen LogP contribution in [0.15, 0.2) is 85.1 Å². The summed E-state index contributed by atoms with van der Waals surface area (Å²) in [5.41, 5.74) is 7.22. The van der Waals surface area contributed by atoms with Crippen molar-refractivity contribution in [1.82, 2.24) is 19.6 Å². The van der Waals surface area contributed by atoms with Crippen molar-refractivity contribution in [3.8, 4) is 33.6 Å². The molecule has 0 spiro atoms. The zero-order valence-corrected chi connectivity index (χ0v) is 21.6. The van der Waals surface area contributed by atoms with E-state index in [9.17, 15) is 0 Å². The Morgan fingerprint density at radius 3 is 2.16 bits per heavy atom. The van der Waals surface area contributed by atoms with Gasteiger partial charge in [0.1, 0.15) is 11.5 Å². The Morgan fingerprint density at radius 2 is 1.41 bits per heavy atom. The quantitative estimate of drug-likeness (QED) is 0.187. The van der Waals surface area contributed by atoms with E-state index in [-0.39, 0.29) is 0 Å². The average Bonchev–Trinajstić information content (AvgIpc) is 3.35. The average molecular weight is 491 g/mol. The number of nitrogens with one attached hydrogen (secondary N) is 2. The van der Waals surface area contributed by atoms with Gasteiger partial charge in [0, 0.05) is 24.8 Å². The highest BCUT2D eigenvalue weighted by Crippen LogP contribution is 2.36. The van der Waals surface area contributed by atoms with Crippen molar-refractivity contribution in [1.29, 1.82) is 0 Å². The minimum atomic E-state index is 0.646. The molecule has 5 rings (SSSR count). The standard InChI is InChI=1S/C31H34N6/c1-3-5-20-32-28-14-10-13-27-29(26-19-22-34-31(35-26)33-21-6-4-2)30(36-37(27)28)25-17-15-24(16-18-25)23-11-8-7-9-12-23/h7-19,22,32H,3-6,20-21H2,1-2H3,(H,33,34,35). The molecule has 3 heterocycles. The molecule has 3 aromatic heterocycles. The Labute approximate surface area is 218 Å². The number of rotatable bonds is 11. The fourth-order valence-corrected chi connectivity index (χ4v) is 4.46. The molecule has 0 bridgehead atoms. The molecular weight excluding hydrogens is 456 g/mol. The van der Waals surface area contributed by atoms with Gasteiger partial charge in [-0.1, -0.05) is 87.4 Å². The van der Waals surface area contributed by atoms with E-state index in [0.717, 1.165) is 72.6 Å². The van der Waals surface area contributed by atoms with Crippen molar-refractivity contribution in [3.63, 3.8) is 0 Å². The maximum absolute atomic E-state index is 5.12. The summed E-state index contributed by atoms with van der Waals surface area (Å²) in [7, 11) is 0. The van der Waals surface area contributed by atoms with Crippen molar-refractivity contribution < 1.29 is 0 Å². The van der Waals surface area contributed by atoms with E-state index in [4.69, 9.17) is 10.1 Å². The van der Waals surface area contributed by atoms with Crippen molar-refractivity contribution in [3.05, 3.63) is 85.1 Å². The van der Waals surface area contributed by atoms with Gasteiger partial charge in [-0.25, -0.2) is 14.5 Å². The second-order valence-corrected chi connectivity index (χ2v) is 9.20. The highest BCUT2D eigenvalue weighted by Gasteiger charge is 2.19. The van der Waals surface area contributed by atoms with Crippen LogP contribution in [0, 0.1) is 0 Å². The molecule has 0 aliphatic carbocycles. The summed E-state index contributed by atoms with van der Waals surface area (Å²) in [6.45, 7) is 6.14. The SMILES string of the molecule is CCCCNc1nccc(-c2c(-c3ccc(-c4ccccc4)cc3)nn3c(NCCCC)cccc23)n1. The maximum Gasteiger partial charge on any atom is 0.223 e. The number of nitrogens with zero attached hydrogens (tertiary/aromatic N) is 4. The Kier molecular flexibility index (Phi) is 7.75. The normalized spacial score (nSPS) is 11.1. The first-order valence-electron chi connectivity index (χ1n) is 13.3. The third-order valence-corrected chi connectivity index (χ3v) is 6.48. The van der Waals surface area contributed by atoms with Crippen LogP contribution in [-0.4, -0.2) is 32.7 Å². The lowest BCUT2D eigenvalue weighted by Gasteiger charge is -2.09. The van der Waals surface area contributed by atoms with E-state index in [1.165, 1.54) is 11.1 Å². The van der Waals surface area contributed by atoms with Crippen LogP contribution >= 0.6 is 0 Å². The summed E-state index contributed by atoms with van der Waals surface area (Å²) in [5, 5.41) is 12.0. The van der Waals surface area contributed by atoms with Crippen LogP contribution < -0.4 is 10.6 Å². The van der Waals surface area contributed by atoms with E-state index in [0.29, 0.717) is 5.95 Å². The highest BCUT2D eigenvalue weighted by molar-refractivity contribution is 5.92. The zero-order chi connectivity index (χ0) is 25.5. The Balaban J connectivity index is 1.61. The van der Waals surface area contributed by atoms with Crippen molar-refractivity contribution >= 4 is 17.3 Å². The third-order valence-electron chi connectivity index (χ3n) is 6.48. The number of unbranched alkanes of at least 4 members (excludes halogenated alkanes) is 2. The van der Waals surface area contributed by atoms with Crippen LogP contribution in [0.2, 0.25) is 0 Å². The minimum Gasteiger partial charge on any atom is -0.370 e. The fraction of sp³-hybridized carbons (Fsp3) is 0.258. The molecule has 0 atom stereocenters. The van der Waals surface area contributed by atoms with Gasteiger partial charge < -0.3 is 10.6 Å². The molecule has 2 N–H and O–H groups in total. The molecule has 5 aromatic rings. The van der Waals surface area contributed by atoms with E-state index >= 15 is 0 Å². The molecule has 0 aliphatic rings. The van der Waals surface area contributed by atoms with E-state index in [1.54, 1.807) is 0 Å². The number of hydrogen-bond donors (Lipinski definition) is 2. The van der Waals surface area contributed by atoms with Gasteiger partial charge in [-0.2, -0.15) is 5.10 Å². The first kappa shape index (κ1) is 24.5. The molecule has 0 unspecified atom stereocenters. The van der Waals surface area contributed by atoms with Crippen molar-refractivity contribution in [2.45, 2.75) is 39.5 Å². The van der Waals surface area contributed by atoms with Crippen LogP contribution in [-0.2, 0) is 0 Å².